The van der Waals surface area contributed by atoms with E-state index >= 15 is 0 Å². The van der Waals surface area contributed by atoms with E-state index in [9.17, 15) is 4.79 Å². The molecule has 0 aliphatic rings. The van der Waals surface area contributed by atoms with E-state index in [2.05, 4.69) is 29.6 Å². The Morgan fingerprint density at radius 3 is 1.86 bits per heavy atom. The molecule has 0 unspecified atom stereocenters. The maximum absolute atomic E-state index is 12.2. The van der Waals surface area contributed by atoms with Crippen LogP contribution in [-0.4, -0.2) is 18.5 Å². The summed E-state index contributed by atoms with van der Waals surface area (Å²) in [5, 5.41) is 2.94. The lowest BCUT2D eigenvalue weighted by Gasteiger charge is -2.19. The molecule has 1 amide bonds. The van der Waals surface area contributed by atoms with Gasteiger partial charge < -0.3 is 11.1 Å². The zero-order chi connectivity index (χ0) is 15.1. The number of rotatable bonds is 6. The molecule has 3 nitrogen and oxygen atoms in total. The fraction of sp³-hybridized carbons (Fsp3) is 0.278. The average molecular weight is 319 g/mol. The average Bonchev–Trinajstić information content (AvgIpc) is 2.54. The largest absolute Gasteiger partial charge is 0.352 e. The van der Waals surface area contributed by atoms with Crippen LogP contribution in [0.4, 0.5) is 0 Å². The van der Waals surface area contributed by atoms with Gasteiger partial charge in [0.1, 0.15) is 0 Å². The molecule has 2 rings (SSSR count). The van der Waals surface area contributed by atoms with Gasteiger partial charge in [-0.2, -0.15) is 0 Å². The fourth-order valence-corrected chi connectivity index (χ4v) is 2.38. The van der Waals surface area contributed by atoms with E-state index in [-0.39, 0.29) is 30.3 Å². The van der Waals surface area contributed by atoms with Crippen LogP contribution in [-0.2, 0) is 4.79 Å². The van der Waals surface area contributed by atoms with E-state index in [1.54, 1.807) is 0 Å². The maximum Gasteiger partial charge on any atom is 0.221 e. The number of hydrogen-bond donors (Lipinski definition) is 2. The molecular formula is C18H23ClN2O. The van der Waals surface area contributed by atoms with Crippen molar-refractivity contribution in [2.45, 2.75) is 25.3 Å². The molecule has 22 heavy (non-hydrogen) atoms. The number of nitrogens with one attached hydrogen (secondary N) is 1. The highest BCUT2D eigenvalue weighted by molar-refractivity contribution is 5.85. The summed E-state index contributed by atoms with van der Waals surface area (Å²) in [4.78, 5) is 12.2. The molecule has 0 saturated carbocycles. The van der Waals surface area contributed by atoms with Crippen molar-refractivity contribution in [2.24, 2.45) is 5.73 Å². The van der Waals surface area contributed by atoms with Crippen LogP contribution in [0.25, 0.3) is 0 Å². The summed E-state index contributed by atoms with van der Waals surface area (Å²) in [6.45, 7) is 2.37. The minimum Gasteiger partial charge on any atom is -0.352 e. The van der Waals surface area contributed by atoms with Crippen molar-refractivity contribution < 1.29 is 4.79 Å². The Bertz CT molecular complexity index is 520. The van der Waals surface area contributed by atoms with Crippen molar-refractivity contribution in [1.29, 1.82) is 0 Å². The Morgan fingerprint density at radius 1 is 1.00 bits per heavy atom. The van der Waals surface area contributed by atoms with Gasteiger partial charge >= 0.3 is 0 Å². The lowest BCUT2D eigenvalue weighted by Crippen LogP contribution is -2.38. The first kappa shape index (κ1) is 18.2. The Balaban J connectivity index is 0.00000242. The molecule has 0 fully saturated rings. The molecule has 2 aromatic rings. The number of nitrogens with two attached hydrogens (primary N) is 1. The zero-order valence-corrected chi connectivity index (χ0v) is 13.6. The van der Waals surface area contributed by atoms with Crippen LogP contribution in [0.2, 0.25) is 0 Å². The highest BCUT2D eigenvalue weighted by atomic mass is 35.5. The van der Waals surface area contributed by atoms with Gasteiger partial charge in [0.25, 0.3) is 0 Å². The molecule has 0 spiro atoms. The van der Waals surface area contributed by atoms with Crippen LogP contribution in [0.5, 0.6) is 0 Å². The molecule has 0 radical (unpaired) electrons. The van der Waals surface area contributed by atoms with Crippen molar-refractivity contribution in [1.82, 2.24) is 5.32 Å². The lowest BCUT2D eigenvalue weighted by atomic mass is 9.88. The van der Waals surface area contributed by atoms with E-state index in [1.807, 2.05) is 43.3 Å². The van der Waals surface area contributed by atoms with Crippen LogP contribution in [0.3, 0.4) is 0 Å². The second-order valence-electron chi connectivity index (χ2n) is 5.28. The SMILES string of the molecule is C[C@@H](CN)NC(=O)CC(c1ccccc1)c1ccccc1.Cl. The molecule has 4 heteroatoms. The van der Waals surface area contributed by atoms with Crippen molar-refractivity contribution in [3.8, 4) is 0 Å². The first-order valence-electron chi connectivity index (χ1n) is 7.30. The van der Waals surface area contributed by atoms with Gasteiger partial charge in [-0.1, -0.05) is 60.7 Å². The smallest absolute Gasteiger partial charge is 0.221 e. The molecule has 3 N–H and O–H groups in total. The first-order chi connectivity index (χ1) is 10.2. The molecule has 1 atom stereocenters. The quantitative estimate of drug-likeness (QED) is 0.860. The van der Waals surface area contributed by atoms with E-state index in [4.69, 9.17) is 5.73 Å². The molecule has 0 saturated heterocycles. The second kappa shape index (κ2) is 9.23. The number of amides is 1. The summed E-state index contributed by atoms with van der Waals surface area (Å²) < 4.78 is 0. The lowest BCUT2D eigenvalue weighted by molar-refractivity contribution is -0.121. The Labute approximate surface area is 138 Å². The molecule has 2 aromatic carbocycles. The van der Waals surface area contributed by atoms with Crippen LogP contribution in [0, 0.1) is 0 Å². The summed E-state index contributed by atoms with van der Waals surface area (Å²) in [5.41, 5.74) is 7.86. The third-order valence-electron chi connectivity index (χ3n) is 3.55. The number of halogens is 1. The molecule has 118 valence electrons. The van der Waals surface area contributed by atoms with Gasteiger partial charge in [-0.05, 0) is 18.1 Å². The van der Waals surface area contributed by atoms with Gasteiger partial charge in [0.05, 0.1) is 0 Å². The third-order valence-corrected chi connectivity index (χ3v) is 3.55. The highest BCUT2D eigenvalue weighted by Crippen LogP contribution is 2.27. The maximum atomic E-state index is 12.2. The molecule has 0 aliphatic carbocycles. The van der Waals surface area contributed by atoms with Crippen molar-refractivity contribution in [3.05, 3.63) is 71.8 Å². The number of carbonyl (C=O) groups is 1. The monoisotopic (exact) mass is 318 g/mol. The van der Waals surface area contributed by atoms with Crippen LogP contribution >= 0.6 is 12.4 Å². The normalized spacial score (nSPS) is 11.6. The van der Waals surface area contributed by atoms with Crippen molar-refractivity contribution in [3.63, 3.8) is 0 Å². The Kier molecular flexibility index (Phi) is 7.64. The highest BCUT2D eigenvalue weighted by Gasteiger charge is 2.18. The van der Waals surface area contributed by atoms with E-state index in [0.29, 0.717) is 13.0 Å². The zero-order valence-electron chi connectivity index (χ0n) is 12.7. The van der Waals surface area contributed by atoms with Crippen LogP contribution in [0.1, 0.15) is 30.4 Å². The van der Waals surface area contributed by atoms with Gasteiger partial charge in [0.15, 0.2) is 0 Å². The van der Waals surface area contributed by atoms with Crippen molar-refractivity contribution in [2.75, 3.05) is 6.54 Å². The van der Waals surface area contributed by atoms with Gasteiger partial charge in [-0.15, -0.1) is 12.4 Å². The topological polar surface area (TPSA) is 55.1 Å². The summed E-state index contributed by atoms with van der Waals surface area (Å²) in [5.74, 6) is 0.100. The molecule has 0 heterocycles. The number of hydrogen-bond acceptors (Lipinski definition) is 2. The Morgan fingerprint density at radius 2 is 1.45 bits per heavy atom. The van der Waals surface area contributed by atoms with Gasteiger partial charge in [-0.25, -0.2) is 0 Å². The predicted molar refractivity (Wildman–Crippen MR) is 93.3 cm³/mol. The van der Waals surface area contributed by atoms with E-state index in [1.165, 1.54) is 0 Å². The summed E-state index contributed by atoms with van der Waals surface area (Å²) in [6, 6.07) is 20.3. The summed E-state index contributed by atoms with van der Waals surface area (Å²) >= 11 is 0. The van der Waals surface area contributed by atoms with Crippen LogP contribution in [0.15, 0.2) is 60.7 Å². The third kappa shape index (κ3) is 5.17. The minimum absolute atomic E-state index is 0. The number of benzene rings is 2. The first-order valence-corrected chi connectivity index (χ1v) is 7.30. The van der Waals surface area contributed by atoms with Gasteiger partial charge in [0, 0.05) is 24.9 Å². The molecular weight excluding hydrogens is 296 g/mol. The van der Waals surface area contributed by atoms with Crippen molar-refractivity contribution >= 4 is 18.3 Å². The van der Waals surface area contributed by atoms with Crippen LogP contribution < -0.4 is 11.1 Å². The summed E-state index contributed by atoms with van der Waals surface area (Å²) in [7, 11) is 0. The minimum atomic E-state index is 0. The van der Waals surface area contributed by atoms with Gasteiger partial charge in [0.2, 0.25) is 5.91 Å². The van der Waals surface area contributed by atoms with E-state index < -0.39 is 0 Å². The van der Waals surface area contributed by atoms with Gasteiger partial charge in [-0.3, -0.25) is 4.79 Å². The standard InChI is InChI=1S/C18H22N2O.ClH/c1-14(13-19)20-18(21)12-17(15-8-4-2-5-9-15)16-10-6-3-7-11-16;/h2-11,14,17H,12-13,19H2,1H3,(H,20,21);1H/t14-;/m0./s1. The Hall–Kier alpha value is -1.84. The number of carbonyl (C=O) groups excluding carboxylic acids is 1. The predicted octanol–water partition coefficient (Wildman–Crippen LogP) is 3.09. The fourth-order valence-electron chi connectivity index (χ4n) is 2.38. The second-order valence-corrected chi connectivity index (χ2v) is 5.28. The molecule has 0 aromatic heterocycles. The molecule has 0 aliphatic heterocycles. The van der Waals surface area contributed by atoms with E-state index in [0.717, 1.165) is 11.1 Å². The molecule has 0 bridgehead atoms. The summed E-state index contributed by atoms with van der Waals surface area (Å²) in [6.07, 6.45) is 0.429.